The lowest BCUT2D eigenvalue weighted by Crippen LogP contribution is -2.38. The summed E-state index contributed by atoms with van der Waals surface area (Å²) < 4.78 is 77.3. The van der Waals surface area contributed by atoms with Crippen molar-refractivity contribution in [1.82, 2.24) is 9.88 Å². The normalized spacial score (nSPS) is 16.3. The molecule has 0 atom stereocenters. The molecule has 0 N–H and O–H groups in total. The molecule has 1 aromatic carbocycles. The number of carbonyl (C=O) groups is 1. The number of likely N-dealkylation sites (tertiary alicyclic amines) is 1. The molecule has 2 heterocycles. The smallest absolute Gasteiger partial charge is 0.339 e. The maximum Gasteiger partial charge on any atom is 0.418 e. The fourth-order valence-electron chi connectivity index (χ4n) is 3.32. The molecule has 1 aromatic heterocycles. The van der Waals surface area contributed by atoms with Crippen molar-refractivity contribution in [2.24, 2.45) is 0 Å². The summed E-state index contributed by atoms with van der Waals surface area (Å²) in [5.41, 5.74) is -1.54. The molecule has 150 valence electrons. The molecule has 2 aromatic rings. The number of carbonyl (C=O) groups excluding carboxylic acids is 1. The molecule has 0 spiro atoms. The van der Waals surface area contributed by atoms with E-state index in [9.17, 15) is 31.1 Å². The minimum atomic E-state index is -4.50. The molecule has 9 heteroatoms. The van der Waals surface area contributed by atoms with Gasteiger partial charge in [-0.05, 0) is 49.2 Å². The third-order valence-electron chi connectivity index (χ3n) is 4.77. The lowest BCUT2D eigenvalue weighted by molar-refractivity contribution is -0.139. The van der Waals surface area contributed by atoms with E-state index in [1.807, 2.05) is 0 Å². The highest BCUT2D eigenvalue weighted by Crippen LogP contribution is 2.37. The van der Waals surface area contributed by atoms with Gasteiger partial charge in [-0.15, -0.1) is 0 Å². The largest absolute Gasteiger partial charge is 0.418 e. The van der Waals surface area contributed by atoms with E-state index < -0.39 is 35.3 Å². The van der Waals surface area contributed by atoms with Crippen LogP contribution in [-0.2, 0) is 12.4 Å². The second kappa shape index (κ2) is 7.44. The molecular weight excluding hydrogens is 386 g/mol. The van der Waals surface area contributed by atoms with E-state index in [1.165, 1.54) is 17.2 Å². The number of hydrogen-bond acceptors (Lipinski definition) is 2. The van der Waals surface area contributed by atoms with Gasteiger partial charge in [0, 0.05) is 30.8 Å². The molecule has 1 fully saturated rings. The lowest BCUT2D eigenvalue weighted by Gasteiger charge is -2.32. The summed E-state index contributed by atoms with van der Waals surface area (Å²) in [5.74, 6) is -0.876. The fourth-order valence-corrected chi connectivity index (χ4v) is 3.32. The van der Waals surface area contributed by atoms with Gasteiger partial charge in [-0.25, -0.2) is 0 Å². The highest BCUT2D eigenvalue weighted by Gasteiger charge is 2.37. The number of rotatable bonds is 2. The van der Waals surface area contributed by atoms with Crippen LogP contribution in [0.1, 0.15) is 45.9 Å². The predicted octanol–water partition coefficient (Wildman–Crippen LogP) is 5.14. The number of pyridine rings is 1. The Morgan fingerprint density at radius 3 is 2.07 bits per heavy atom. The molecule has 0 bridgehead atoms. The number of hydrogen-bond donors (Lipinski definition) is 0. The number of aromatic nitrogens is 1. The molecule has 28 heavy (non-hydrogen) atoms. The summed E-state index contributed by atoms with van der Waals surface area (Å²) in [7, 11) is 0. The Morgan fingerprint density at radius 1 is 0.929 bits per heavy atom. The molecule has 1 amide bonds. The fraction of sp³-hybridized carbons (Fsp3) is 0.368. The molecule has 0 aliphatic carbocycles. The average Bonchev–Trinajstić information content (AvgIpc) is 2.66. The Hall–Kier alpha value is -2.58. The van der Waals surface area contributed by atoms with E-state index in [-0.39, 0.29) is 24.3 Å². The van der Waals surface area contributed by atoms with Gasteiger partial charge < -0.3 is 4.90 Å². The van der Waals surface area contributed by atoms with Crippen molar-refractivity contribution in [2.45, 2.75) is 31.1 Å². The number of alkyl halides is 6. The van der Waals surface area contributed by atoms with Gasteiger partial charge >= 0.3 is 12.4 Å². The van der Waals surface area contributed by atoms with Crippen LogP contribution in [0.25, 0.3) is 0 Å². The first-order chi connectivity index (χ1) is 13.1. The SMILES string of the molecule is O=C(c1ccc(C(F)(F)F)cc1)N1CCC(c2ncccc2C(F)(F)F)CC1. The van der Waals surface area contributed by atoms with Crippen molar-refractivity contribution in [2.75, 3.05) is 13.1 Å². The van der Waals surface area contributed by atoms with Crippen LogP contribution in [0.3, 0.4) is 0 Å². The van der Waals surface area contributed by atoms with E-state index >= 15 is 0 Å². The molecular formula is C19H16F6N2O. The van der Waals surface area contributed by atoms with Gasteiger partial charge in [0.25, 0.3) is 5.91 Å². The Kier molecular flexibility index (Phi) is 5.36. The van der Waals surface area contributed by atoms with Gasteiger partial charge in [-0.1, -0.05) is 0 Å². The zero-order chi connectivity index (χ0) is 20.5. The molecule has 1 aliphatic heterocycles. The molecule has 0 unspecified atom stereocenters. The van der Waals surface area contributed by atoms with Crippen molar-refractivity contribution in [3.8, 4) is 0 Å². The van der Waals surface area contributed by atoms with E-state index in [0.29, 0.717) is 12.8 Å². The maximum atomic E-state index is 13.2. The summed E-state index contributed by atoms with van der Waals surface area (Å²) in [5, 5.41) is 0. The standard InChI is InChI=1S/C19H16F6N2O/c20-18(21,22)14-5-3-13(4-6-14)17(28)27-10-7-12(8-11-27)16-15(19(23,24)25)2-1-9-26-16/h1-6,9,12H,7-8,10-11H2. The average molecular weight is 402 g/mol. The van der Waals surface area contributed by atoms with Gasteiger partial charge in [0.1, 0.15) is 0 Å². The van der Waals surface area contributed by atoms with Crippen molar-refractivity contribution in [1.29, 1.82) is 0 Å². The van der Waals surface area contributed by atoms with Crippen molar-refractivity contribution in [3.05, 3.63) is 65.0 Å². The molecule has 0 radical (unpaired) electrons. The first kappa shape index (κ1) is 20.2. The van der Waals surface area contributed by atoms with Crippen molar-refractivity contribution >= 4 is 5.91 Å². The van der Waals surface area contributed by atoms with Gasteiger partial charge in [0.2, 0.25) is 0 Å². The first-order valence-corrected chi connectivity index (χ1v) is 8.56. The van der Waals surface area contributed by atoms with Crippen LogP contribution in [0.5, 0.6) is 0 Å². The van der Waals surface area contributed by atoms with Crippen LogP contribution in [0, 0.1) is 0 Å². The van der Waals surface area contributed by atoms with Gasteiger partial charge in [-0.2, -0.15) is 26.3 Å². The minimum Gasteiger partial charge on any atom is -0.339 e. The monoisotopic (exact) mass is 402 g/mol. The summed E-state index contributed by atoms with van der Waals surface area (Å²) >= 11 is 0. The summed E-state index contributed by atoms with van der Waals surface area (Å²) in [6.45, 7) is 0.413. The van der Waals surface area contributed by atoms with Crippen molar-refractivity contribution in [3.63, 3.8) is 0 Å². The minimum absolute atomic E-state index is 0.0309. The zero-order valence-corrected chi connectivity index (χ0v) is 14.5. The lowest BCUT2D eigenvalue weighted by atomic mass is 9.90. The van der Waals surface area contributed by atoms with E-state index in [4.69, 9.17) is 0 Å². The molecule has 3 rings (SSSR count). The van der Waals surface area contributed by atoms with Crippen LogP contribution in [0.4, 0.5) is 26.3 Å². The summed E-state index contributed by atoms with van der Waals surface area (Å²) in [6, 6.07) is 6.11. The quantitative estimate of drug-likeness (QED) is 0.652. The number of piperidine rings is 1. The van der Waals surface area contributed by atoms with Crippen LogP contribution < -0.4 is 0 Å². The number of halogens is 6. The Bertz CT molecular complexity index is 837. The molecule has 1 saturated heterocycles. The second-order valence-electron chi connectivity index (χ2n) is 6.58. The topological polar surface area (TPSA) is 33.2 Å². The third kappa shape index (κ3) is 4.28. The van der Waals surface area contributed by atoms with Gasteiger partial charge in [0.05, 0.1) is 16.8 Å². The van der Waals surface area contributed by atoms with Crippen LogP contribution >= 0.6 is 0 Å². The highest BCUT2D eigenvalue weighted by atomic mass is 19.4. The third-order valence-corrected chi connectivity index (χ3v) is 4.77. The second-order valence-corrected chi connectivity index (χ2v) is 6.58. The van der Waals surface area contributed by atoms with Crippen LogP contribution in [-0.4, -0.2) is 28.9 Å². The highest BCUT2D eigenvalue weighted by molar-refractivity contribution is 5.94. The van der Waals surface area contributed by atoms with Gasteiger partial charge in [-0.3, -0.25) is 9.78 Å². The molecule has 3 nitrogen and oxygen atoms in total. The number of nitrogens with zero attached hydrogens (tertiary/aromatic N) is 2. The van der Waals surface area contributed by atoms with E-state index in [2.05, 4.69) is 4.98 Å². The van der Waals surface area contributed by atoms with E-state index in [1.54, 1.807) is 0 Å². The first-order valence-electron chi connectivity index (χ1n) is 8.56. The van der Waals surface area contributed by atoms with E-state index in [0.717, 1.165) is 30.3 Å². The zero-order valence-electron chi connectivity index (χ0n) is 14.5. The Balaban J connectivity index is 1.68. The molecule has 0 saturated carbocycles. The van der Waals surface area contributed by atoms with Crippen LogP contribution in [0.2, 0.25) is 0 Å². The molecule has 1 aliphatic rings. The van der Waals surface area contributed by atoms with Gasteiger partial charge in [0.15, 0.2) is 0 Å². The maximum absolute atomic E-state index is 13.2. The van der Waals surface area contributed by atoms with Crippen molar-refractivity contribution < 1.29 is 31.1 Å². The summed E-state index contributed by atoms with van der Waals surface area (Å²) in [6.07, 6.45) is -7.08. The summed E-state index contributed by atoms with van der Waals surface area (Å²) in [4.78, 5) is 17.8. The number of amides is 1. The van der Waals surface area contributed by atoms with Crippen LogP contribution in [0.15, 0.2) is 42.6 Å². The Labute approximate surface area is 157 Å². The Morgan fingerprint density at radius 2 is 1.54 bits per heavy atom. The number of benzene rings is 1. The predicted molar refractivity (Wildman–Crippen MR) is 88.6 cm³/mol.